The smallest absolute Gasteiger partial charge is 0.314 e. The van der Waals surface area contributed by atoms with E-state index in [1.165, 1.54) is 0 Å². The Balaban J connectivity index is 1.25. The lowest BCUT2D eigenvalue weighted by atomic mass is 9.40. The van der Waals surface area contributed by atoms with Crippen molar-refractivity contribution in [3.63, 3.8) is 0 Å². The van der Waals surface area contributed by atoms with E-state index < -0.39 is 92.1 Å². The lowest BCUT2D eigenvalue weighted by Gasteiger charge is -2.64. The number of aliphatic hydroxyl groups is 8. The summed E-state index contributed by atoms with van der Waals surface area (Å²) in [6.07, 6.45) is -8.85. The third-order valence-electron chi connectivity index (χ3n) is 12.8. The van der Waals surface area contributed by atoms with Crippen LogP contribution in [0.1, 0.15) is 65.2 Å². The summed E-state index contributed by atoms with van der Waals surface area (Å²) < 4.78 is 23.5. The Morgan fingerprint density at radius 3 is 2.02 bits per heavy atom. The van der Waals surface area contributed by atoms with E-state index in [2.05, 4.69) is 13.5 Å². The van der Waals surface area contributed by atoms with Crippen molar-refractivity contribution in [3.05, 3.63) is 12.2 Å². The van der Waals surface area contributed by atoms with Crippen LogP contribution in [-0.4, -0.2) is 128 Å². The molecule has 4 aliphatic carbocycles. The average molecular weight is 643 g/mol. The van der Waals surface area contributed by atoms with Gasteiger partial charge in [0.05, 0.1) is 24.7 Å². The van der Waals surface area contributed by atoms with Crippen LogP contribution in [0.4, 0.5) is 0 Å². The maximum absolute atomic E-state index is 14.0. The predicted octanol–water partition coefficient (Wildman–Crippen LogP) is -0.906. The van der Waals surface area contributed by atoms with Crippen molar-refractivity contribution in [1.82, 2.24) is 0 Å². The van der Waals surface area contributed by atoms with Crippen molar-refractivity contribution < 1.29 is 64.6 Å². The minimum absolute atomic E-state index is 0.0925. The average Bonchev–Trinajstić information content (AvgIpc) is 3.20. The lowest BCUT2D eigenvalue weighted by Crippen LogP contribution is -2.63. The van der Waals surface area contributed by atoms with E-state index in [1.807, 2.05) is 6.92 Å². The van der Waals surface area contributed by atoms with Gasteiger partial charge in [0.25, 0.3) is 0 Å². The Morgan fingerprint density at radius 1 is 0.800 bits per heavy atom. The van der Waals surface area contributed by atoms with Crippen LogP contribution < -0.4 is 0 Å². The molecule has 6 fully saturated rings. The van der Waals surface area contributed by atoms with E-state index in [1.54, 1.807) is 0 Å². The largest absolute Gasteiger partial charge is 0.432 e. The Bertz CT molecular complexity index is 1130. The summed E-state index contributed by atoms with van der Waals surface area (Å²) in [4.78, 5) is 14.0. The van der Waals surface area contributed by atoms with Crippen molar-refractivity contribution in [2.24, 2.45) is 34.0 Å². The molecule has 1 spiro atoms. The first-order valence-corrected chi connectivity index (χ1v) is 16.4. The van der Waals surface area contributed by atoms with Gasteiger partial charge >= 0.3 is 5.97 Å². The number of carbonyl (C=O) groups excluding carboxylic acids is 1. The van der Waals surface area contributed by atoms with Crippen molar-refractivity contribution in [2.45, 2.75) is 133 Å². The third kappa shape index (κ3) is 5.04. The number of esters is 1. The first-order valence-electron chi connectivity index (χ1n) is 16.4. The maximum Gasteiger partial charge on any atom is 0.314 e. The fourth-order valence-corrected chi connectivity index (χ4v) is 10.5. The molecule has 17 atom stereocenters. The molecule has 0 aromatic rings. The van der Waals surface area contributed by atoms with E-state index in [0.29, 0.717) is 19.3 Å². The molecule has 2 heterocycles. The molecule has 0 amide bonds. The fraction of sp³-hybridized carbons (Fsp3) is 0.906. The zero-order valence-corrected chi connectivity index (χ0v) is 26.0. The Hall–Kier alpha value is -1.23. The van der Waals surface area contributed by atoms with E-state index >= 15 is 0 Å². The summed E-state index contributed by atoms with van der Waals surface area (Å²) in [5.41, 5.74) is -0.694. The highest BCUT2D eigenvalue weighted by molar-refractivity contribution is 5.77. The number of rotatable bonds is 6. The van der Waals surface area contributed by atoms with Crippen LogP contribution in [-0.2, 0) is 23.7 Å². The number of fused-ring (bicyclic) bond motifs is 3. The van der Waals surface area contributed by atoms with Crippen LogP contribution in [0.15, 0.2) is 12.2 Å². The first-order chi connectivity index (χ1) is 21.2. The van der Waals surface area contributed by atoms with Crippen LogP contribution >= 0.6 is 0 Å². The van der Waals surface area contributed by atoms with Gasteiger partial charge in [0.1, 0.15) is 48.8 Å². The van der Waals surface area contributed by atoms with Crippen LogP contribution in [0.3, 0.4) is 0 Å². The molecule has 2 bridgehead atoms. The number of ether oxygens (including phenoxy) is 4. The van der Waals surface area contributed by atoms with Gasteiger partial charge in [-0.25, -0.2) is 0 Å². The SMILES string of the molecule is C=C1[C@@H]2CC[C@H]3[C@]4(C)CCC[C@@](C)(C(=O)O[C@@H]5O[C@H](CO)[C@@H](O)[C@H](O)[C@H]5O)[C@@H]4CC[C@]3(C2)[C@@H]1O[C@@H]1O[C@H](CO)[C@@H](O)[C@H](O)[C@H]1O. The molecule has 13 heteroatoms. The molecule has 6 aliphatic rings. The second-order valence-electron chi connectivity index (χ2n) is 15.0. The van der Waals surface area contributed by atoms with E-state index in [4.69, 9.17) is 18.9 Å². The zero-order valence-electron chi connectivity index (χ0n) is 26.0. The maximum atomic E-state index is 14.0. The molecular formula is C32H50O13. The van der Waals surface area contributed by atoms with Gasteiger partial charge < -0.3 is 59.8 Å². The summed E-state index contributed by atoms with van der Waals surface area (Å²) in [5.74, 6) is -0.321. The highest BCUT2D eigenvalue weighted by Gasteiger charge is 2.69. The first kappa shape index (κ1) is 33.7. The van der Waals surface area contributed by atoms with Crippen molar-refractivity contribution in [3.8, 4) is 0 Å². The molecule has 0 unspecified atom stereocenters. The van der Waals surface area contributed by atoms with Gasteiger partial charge in [-0.2, -0.15) is 0 Å². The molecule has 8 N–H and O–H groups in total. The molecule has 13 nitrogen and oxygen atoms in total. The van der Waals surface area contributed by atoms with Crippen molar-refractivity contribution in [2.75, 3.05) is 13.2 Å². The normalized spacial score (nSPS) is 54.7. The van der Waals surface area contributed by atoms with Crippen LogP contribution in [0.5, 0.6) is 0 Å². The van der Waals surface area contributed by atoms with Gasteiger partial charge in [-0.15, -0.1) is 0 Å². The summed E-state index contributed by atoms with van der Waals surface area (Å²) >= 11 is 0. The minimum atomic E-state index is -1.68. The Morgan fingerprint density at radius 2 is 1.40 bits per heavy atom. The predicted molar refractivity (Wildman–Crippen MR) is 154 cm³/mol. The van der Waals surface area contributed by atoms with Gasteiger partial charge in [-0.05, 0) is 80.6 Å². The number of hydrogen-bond donors (Lipinski definition) is 8. The number of hydrogen-bond acceptors (Lipinski definition) is 13. The highest BCUT2D eigenvalue weighted by atomic mass is 16.7. The molecule has 45 heavy (non-hydrogen) atoms. The Labute approximate surface area is 262 Å². The van der Waals surface area contributed by atoms with E-state index in [-0.39, 0.29) is 28.6 Å². The fourth-order valence-electron chi connectivity index (χ4n) is 10.5. The van der Waals surface area contributed by atoms with Crippen LogP contribution in [0.25, 0.3) is 0 Å². The Kier molecular flexibility index (Phi) is 9.00. The summed E-state index contributed by atoms with van der Waals surface area (Å²) in [7, 11) is 0. The van der Waals surface area contributed by atoms with E-state index in [0.717, 1.165) is 37.7 Å². The van der Waals surface area contributed by atoms with Crippen molar-refractivity contribution >= 4 is 5.97 Å². The third-order valence-corrected chi connectivity index (χ3v) is 12.8. The monoisotopic (exact) mass is 642 g/mol. The lowest BCUT2D eigenvalue weighted by molar-refractivity contribution is -0.321. The zero-order chi connectivity index (χ0) is 32.6. The molecule has 0 aromatic heterocycles. The van der Waals surface area contributed by atoms with E-state index in [9.17, 15) is 45.6 Å². The summed E-state index contributed by atoms with van der Waals surface area (Å²) in [6, 6.07) is 0. The minimum Gasteiger partial charge on any atom is -0.432 e. The molecular weight excluding hydrogens is 592 g/mol. The highest BCUT2D eigenvalue weighted by Crippen LogP contribution is 2.73. The molecule has 256 valence electrons. The second-order valence-corrected chi connectivity index (χ2v) is 15.0. The van der Waals surface area contributed by atoms with Crippen LogP contribution in [0.2, 0.25) is 0 Å². The number of aliphatic hydroxyl groups excluding tert-OH is 8. The summed E-state index contributed by atoms with van der Waals surface area (Å²) in [6.45, 7) is 7.36. The molecule has 2 saturated heterocycles. The molecule has 0 aromatic carbocycles. The summed E-state index contributed by atoms with van der Waals surface area (Å²) in [5, 5.41) is 81.7. The van der Waals surface area contributed by atoms with Gasteiger partial charge in [0.2, 0.25) is 6.29 Å². The molecule has 2 aliphatic heterocycles. The van der Waals surface area contributed by atoms with Crippen LogP contribution in [0, 0.1) is 34.0 Å². The second kappa shape index (κ2) is 12.0. The topological polar surface area (TPSA) is 216 Å². The standard InChI is InChI=1S/C32H50O13/c1-14-15-5-6-19-30(2)8-4-9-31(3,29(41)45-28-25(40)23(38)21(36)17(13-34)43-28)18(30)7-10-32(19,11-15)26(14)44-27-24(39)22(37)20(35)16(12-33)42-27/h15-28,33-40H,1,4-13H2,2-3H3/t15-,16-,17-,18-,19+,20-,21-,22+,23+,24-,25-,26-,27+,28+,30-,31-,32-/m1/s1. The molecule has 4 saturated carbocycles. The van der Waals surface area contributed by atoms with Gasteiger partial charge in [0.15, 0.2) is 6.29 Å². The number of carbonyl (C=O) groups is 1. The van der Waals surface area contributed by atoms with Gasteiger partial charge in [0, 0.05) is 5.41 Å². The molecule has 6 rings (SSSR count). The van der Waals surface area contributed by atoms with Gasteiger partial charge in [-0.3, -0.25) is 4.79 Å². The quantitative estimate of drug-likeness (QED) is 0.130. The van der Waals surface area contributed by atoms with Gasteiger partial charge in [-0.1, -0.05) is 19.9 Å². The van der Waals surface area contributed by atoms with Crippen molar-refractivity contribution in [1.29, 1.82) is 0 Å². The molecule has 0 radical (unpaired) electrons.